The molecule has 1 fully saturated rings. The Morgan fingerprint density at radius 3 is 2.97 bits per heavy atom. The fourth-order valence-electron chi connectivity index (χ4n) is 3.79. The third-order valence-corrected chi connectivity index (χ3v) is 5.89. The fourth-order valence-corrected chi connectivity index (χ4v) is 4.00. The summed E-state index contributed by atoms with van der Waals surface area (Å²) in [5.74, 6) is 0.810. The molecule has 0 unspecified atom stereocenters. The van der Waals surface area contributed by atoms with Gasteiger partial charge < -0.3 is 24.4 Å². The zero-order valence-corrected chi connectivity index (χ0v) is 18.0. The Hall–Kier alpha value is -2.64. The lowest BCUT2D eigenvalue weighted by atomic mass is 10.1. The Balaban J connectivity index is 1.55. The average Bonchev–Trinajstić information content (AvgIpc) is 3.46. The van der Waals surface area contributed by atoms with Crippen LogP contribution in [0.5, 0.6) is 0 Å². The predicted octanol–water partition coefficient (Wildman–Crippen LogP) is 3.74. The maximum Gasteiger partial charge on any atom is 0.253 e. The Morgan fingerprint density at radius 1 is 1.33 bits per heavy atom. The number of nitrogens with zero attached hydrogens (tertiary/aromatic N) is 1. The number of aromatic nitrogens is 1. The number of aromatic amines is 1. The van der Waals surface area contributed by atoms with Gasteiger partial charge in [-0.05, 0) is 72.8 Å². The lowest BCUT2D eigenvalue weighted by Crippen LogP contribution is -2.43. The molecule has 3 aromatic rings. The number of furan rings is 1. The van der Waals surface area contributed by atoms with Crippen molar-refractivity contribution < 1.29 is 9.15 Å². The van der Waals surface area contributed by atoms with Crippen molar-refractivity contribution in [2.24, 2.45) is 0 Å². The molecule has 0 amide bonds. The van der Waals surface area contributed by atoms with E-state index in [9.17, 15) is 4.79 Å². The number of ether oxygens (including phenoxy) is 1. The smallest absolute Gasteiger partial charge is 0.253 e. The van der Waals surface area contributed by atoms with Gasteiger partial charge in [-0.3, -0.25) is 4.79 Å². The third kappa shape index (κ3) is 4.91. The van der Waals surface area contributed by atoms with Crippen molar-refractivity contribution in [2.45, 2.75) is 45.4 Å². The van der Waals surface area contributed by atoms with Crippen LogP contribution < -0.4 is 10.9 Å². The van der Waals surface area contributed by atoms with E-state index in [-0.39, 0.29) is 11.7 Å². The first-order chi connectivity index (χ1) is 14.6. The zero-order valence-electron chi connectivity index (χ0n) is 17.1. The molecule has 0 radical (unpaired) electrons. The lowest BCUT2D eigenvalue weighted by molar-refractivity contribution is 0.0896. The minimum atomic E-state index is -0.0853. The van der Waals surface area contributed by atoms with E-state index in [1.807, 2.05) is 29.2 Å². The molecule has 0 saturated carbocycles. The molecule has 0 bridgehead atoms. The van der Waals surface area contributed by atoms with Crippen molar-refractivity contribution >= 4 is 28.2 Å². The van der Waals surface area contributed by atoms with Crippen molar-refractivity contribution in [2.75, 3.05) is 13.2 Å². The second-order valence-corrected chi connectivity index (χ2v) is 8.04. The normalized spacial score (nSPS) is 16.1. The molecule has 1 saturated heterocycles. The van der Waals surface area contributed by atoms with Crippen LogP contribution in [-0.4, -0.2) is 34.3 Å². The van der Waals surface area contributed by atoms with E-state index in [1.165, 1.54) is 5.56 Å². The van der Waals surface area contributed by atoms with E-state index >= 15 is 0 Å². The molecular weight excluding hydrogens is 398 g/mol. The number of pyridine rings is 1. The van der Waals surface area contributed by atoms with Gasteiger partial charge in [0.25, 0.3) is 5.56 Å². The van der Waals surface area contributed by atoms with Gasteiger partial charge in [0, 0.05) is 24.2 Å². The number of aryl methyl sites for hydroxylation is 1. The van der Waals surface area contributed by atoms with Crippen LogP contribution >= 0.6 is 12.2 Å². The number of H-pyrrole nitrogens is 1. The molecule has 4 rings (SSSR count). The van der Waals surface area contributed by atoms with Crippen LogP contribution in [0.25, 0.3) is 10.9 Å². The van der Waals surface area contributed by atoms with Crippen LogP contribution in [0, 0.1) is 0 Å². The van der Waals surface area contributed by atoms with E-state index in [0.717, 1.165) is 42.5 Å². The van der Waals surface area contributed by atoms with Crippen LogP contribution in [-0.2, 0) is 24.2 Å². The van der Waals surface area contributed by atoms with E-state index in [0.29, 0.717) is 30.3 Å². The Kier molecular flexibility index (Phi) is 6.50. The monoisotopic (exact) mass is 425 g/mol. The molecule has 6 nitrogen and oxygen atoms in total. The van der Waals surface area contributed by atoms with Gasteiger partial charge in [0.2, 0.25) is 0 Å². The van der Waals surface area contributed by atoms with Crippen LogP contribution in [0.3, 0.4) is 0 Å². The highest BCUT2D eigenvalue weighted by molar-refractivity contribution is 7.80. The second-order valence-electron chi connectivity index (χ2n) is 7.65. The van der Waals surface area contributed by atoms with E-state index in [2.05, 4.69) is 29.4 Å². The van der Waals surface area contributed by atoms with Gasteiger partial charge in [-0.15, -0.1) is 0 Å². The van der Waals surface area contributed by atoms with Crippen LogP contribution in [0.4, 0.5) is 0 Å². The summed E-state index contributed by atoms with van der Waals surface area (Å²) >= 11 is 5.67. The summed E-state index contributed by atoms with van der Waals surface area (Å²) in [5.41, 5.74) is 2.70. The molecule has 1 aromatic carbocycles. The molecule has 7 heteroatoms. The van der Waals surface area contributed by atoms with Crippen LogP contribution in [0.15, 0.2) is 51.9 Å². The SMILES string of the molecule is CCc1ccc2[nH]c(=O)c(CN(C[C@H]3CCCO3)C(=S)NCc3ccco3)cc2c1. The Bertz CT molecular complexity index is 1060. The highest BCUT2D eigenvalue weighted by Crippen LogP contribution is 2.18. The summed E-state index contributed by atoms with van der Waals surface area (Å²) in [5, 5.41) is 4.87. The fraction of sp³-hybridized carbons (Fsp3) is 0.391. The van der Waals surface area contributed by atoms with E-state index in [4.69, 9.17) is 21.4 Å². The first kappa shape index (κ1) is 20.6. The van der Waals surface area contributed by atoms with Gasteiger partial charge in [0.05, 0.1) is 25.5 Å². The maximum atomic E-state index is 12.7. The van der Waals surface area contributed by atoms with Crippen molar-refractivity contribution in [1.29, 1.82) is 0 Å². The summed E-state index contributed by atoms with van der Waals surface area (Å²) in [7, 11) is 0. The first-order valence-corrected chi connectivity index (χ1v) is 10.8. The van der Waals surface area contributed by atoms with Gasteiger partial charge in [-0.25, -0.2) is 0 Å². The van der Waals surface area contributed by atoms with Crippen molar-refractivity contribution in [3.63, 3.8) is 0 Å². The summed E-state index contributed by atoms with van der Waals surface area (Å²) in [6.45, 7) is 4.48. The summed E-state index contributed by atoms with van der Waals surface area (Å²) in [6, 6.07) is 11.9. The topological polar surface area (TPSA) is 70.5 Å². The van der Waals surface area contributed by atoms with Crippen molar-refractivity contribution in [3.05, 3.63) is 69.9 Å². The summed E-state index contributed by atoms with van der Waals surface area (Å²) < 4.78 is 11.2. The molecule has 0 aliphatic carbocycles. The van der Waals surface area contributed by atoms with Crippen LogP contribution in [0.1, 0.15) is 36.7 Å². The average molecular weight is 426 g/mol. The maximum absolute atomic E-state index is 12.7. The highest BCUT2D eigenvalue weighted by atomic mass is 32.1. The largest absolute Gasteiger partial charge is 0.467 e. The minimum Gasteiger partial charge on any atom is -0.467 e. The second kappa shape index (κ2) is 9.45. The van der Waals surface area contributed by atoms with E-state index < -0.39 is 0 Å². The quantitative estimate of drug-likeness (QED) is 0.562. The molecule has 1 aliphatic rings. The number of nitrogens with one attached hydrogen (secondary N) is 2. The predicted molar refractivity (Wildman–Crippen MR) is 121 cm³/mol. The molecule has 1 aliphatic heterocycles. The molecule has 1 atom stereocenters. The van der Waals surface area contributed by atoms with Gasteiger partial charge in [-0.1, -0.05) is 13.0 Å². The Labute approximate surface area is 181 Å². The highest BCUT2D eigenvalue weighted by Gasteiger charge is 2.22. The summed E-state index contributed by atoms with van der Waals surface area (Å²) in [4.78, 5) is 17.8. The van der Waals surface area contributed by atoms with Crippen molar-refractivity contribution in [3.8, 4) is 0 Å². The number of hydrogen-bond donors (Lipinski definition) is 2. The lowest BCUT2D eigenvalue weighted by Gasteiger charge is -2.28. The van der Waals surface area contributed by atoms with Gasteiger partial charge in [0.15, 0.2) is 5.11 Å². The van der Waals surface area contributed by atoms with E-state index in [1.54, 1.807) is 6.26 Å². The van der Waals surface area contributed by atoms with Gasteiger partial charge in [-0.2, -0.15) is 0 Å². The number of thiocarbonyl (C=S) groups is 1. The van der Waals surface area contributed by atoms with Crippen LogP contribution in [0.2, 0.25) is 0 Å². The number of benzene rings is 1. The van der Waals surface area contributed by atoms with Gasteiger partial charge >= 0.3 is 0 Å². The minimum absolute atomic E-state index is 0.0853. The van der Waals surface area contributed by atoms with Gasteiger partial charge in [0.1, 0.15) is 5.76 Å². The molecular formula is C23H27N3O3S. The molecule has 2 N–H and O–H groups in total. The van der Waals surface area contributed by atoms with Crippen molar-refractivity contribution in [1.82, 2.24) is 15.2 Å². The summed E-state index contributed by atoms with van der Waals surface area (Å²) in [6.07, 6.45) is 4.78. The number of rotatable bonds is 7. The third-order valence-electron chi connectivity index (χ3n) is 5.48. The molecule has 3 heterocycles. The first-order valence-electron chi connectivity index (χ1n) is 10.4. The molecule has 2 aromatic heterocycles. The molecule has 30 heavy (non-hydrogen) atoms. The number of fused-ring (bicyclic) bond motifs is 1. The standard InChI is InChI=1S/C23H27N3O3S/c1-2-16-7-8-21-17(11-16)12-18(22(27)25-21)14-26(15-20-6-4-10-29-20)23(30)24-13-19-5-3-9-28-19/h3,5,7-9,11-12,20H,2,4,6,10,13-15H2,1H3,(H,24,30)(H,25,27)/t20-/m1/s1. The molecule has 158 valence electrons. The Morgan fingerprint density at radius 2 is 2.23 bits per heavy atom. The zero-order chi connectivity index (χ0) is 20.9. The molecule has 0 spiro atoms. The number of hydrogen-bond acceptors (Lipinski definition) is 4.